The van der Waals surface area contributed by atoms with Crippen LogP contribution in [0.2, 0.25) is 0 Å². The van der Waals surface area contributed by atoms with Gasteiger partial charge in [0.2, 0.25) is 5.91 Å². The third-order valence-electron chi connectivity index (χ3n) is 4.29. The molecule has 2 aliphatic heterocycles. The molecule has 112 valence electrons. The van der Waals surface area contributed by atoms with Gasteiger partial charge in [0.15, 0.2) is 0 Å². The first kappa shape index (κ1) is 14.7. The molecule has 1 amide bonds. The number of benzene rings is 1. The smallest absolute Gasteiger partial charge is 0.247 e. The van der Waals surface area contributed by atoms with Crippen LogP contribution < -0.4 is 0 Å². The van der Waals surface area contributed by atoms with E-state index in [-0.39, 0.29) is 18.6 Å². The van der Waals surface area contributed by atoms with Gasteiger partial charge in [-0.15, -0.1) is 0 Å². The van der Waals surface area contributed by atoms with Gasteiger partial charge >= 0.3 is 0 Å². The zero-order valence-corrected chi connectivity index (χ0v) is 12.9. The average Bonchev–Trinajstić information content (AvgIpc) is 2.48. The summed E-state index contributed by atoms with van der Waals surface area (Å²) in [6, 6.07) is 10.8. The van der Waals surface area contributed by atoms with E-state index >= 15 is 0 Å². The zero-order valence-electron chi connectivity index (χ0n) is 12.1. The average molecular weight is 303 g/mol. The Morgan fingerprint density at radius 3 is 2.81 bits per heavy atom. The summed E-state index contributed by atoms with van der Waals surface area (Å²) in [4.78, 5) is 16.8. The number of aliphatic hydroxyl groups excluding tert-OH is 1. The highest BCUT2D eigenvalue weighted by atomic mass is 32.2. The molecule has 1 aromatic rings. The van der Waals surface area contributed by atoms with Crippen molar-refractivity contribution in [2.75, 3.05) is 6.61 Å². The lowest BCUT2D eigenvalue weighted by Crippen LogP contribution is -2.51. The molecule has 0 spiro atoms. The fourth-order valence-electron chi connectivity index (χ4n) is 3.37. The topological polar surface area (TPSA) is 40.5 Å². The van der Waals surface area contributed by atoms with Crippen LogP contribution in [-0.2, 0) is 4.79 Å². The molecule has 0 radical (unpaired) electrons. The van der Waals surface area contributed by atoms with E-state index in [9.17, 15) is 9.90 Å². The Labute approximate surface area is 130 Å². The molecule has 2 heterocycles. The van der Waals surface area contributed by atoms with Gasteiger partial charge in [-0.25, -0.2) is 0 Å². The van der Waals surface area contributed by atoms with Crippen molar-refractivity contribution in [2.24, 2.45) is 0 Å². The maximum atomic E-state index is 12.5. The van der Waals surface area contributed by atoms with Crippen molar-refractivity contribution in [3.63, 3.8) is 0 Å². The van der Waals surface area contributed by atoms with E-state index in [2.05, 4.69) is 12.1 Å². The number of nitrogens with zero attached hydrogens (tertiary/aromatic N) is 1. The lowest BCUT2D eigenvalue weighted by atomic mass is 9.90. The van der Waals surface area contributed by atoms with Crippen molar-refractivity contribution in [1.29, 1.82) is 0 Å². The number of carbonyl (C=O) groups is 1. The molecule has 1 aromatic carbocycles. The van der Waals surface area contributed by atoms with Crippen LogP contribution in [0.15, 0.2) is 46.2 Å². The molecule has 2 atom stereocenters. The Morgan fingerprint density at radius 1 is 1.24 bits per heavy atom. The minimum Gasteiger partial charge on any atom is -0.396 e. The number of fused-ring (bicyclic) bond motifs is 1. The molecule has 0 unspecified atom stereocenters. The van der Waals surface area contributed by atoms with Gasteiger partial charge in [0.1, 0.15) is 0 Å². The highest BCUT2D eigenvalue weighted by molar-refractivity contribution is 8.03. The fraction of sp³-hybridized carbons (Fsp3) is 0.471. The highest BCUT2D eigenvalue weighted by Gasteiger charge is 2.36. The number of amides is 1. The largest absolute Gasteiger partial charge is 0.396 e. The van der Waals surface area contributed by atoms with Gasteiger partial charge in [-0.05, 0) is 49.1 Å². The van der Waals surface area contributed by atoms with Gasteiger partial charge in [-0.3, -0.25) is 4.79 Å². The minimum atomic E-state index is 0.128. The van der Waals surface area contributed by atoms with E-state index in [0.717, 1.165) is 30.6 Å². The number of thioether (sulfide) groups is 1. The normalized spacial score (nSPS) is 25.5. The van der Waals surface area contributed by atoms with Crippen molar-refractivity contribution >= 4 is 17.7 Å². The van der Waals surface area contributed by atoms with E-state index in [1.807, 2.05) is 23.1 Å². The molecule has 0 aromatic heterocycles. The predicted molar refractivity (Wildman–Crippen MR) is 85.0 cm³/mol. The monoisotopic (exact) mass is 303 g/mol. The molecule has 1 N–H and O–H groups in total. The Bertz CT molecular complexity index is 527. The lowest BCUT2D eigenvalue weighted by molar-refractivity contribution is -0.134. The van der Waals surface area contributed by atoms with E-state index in [1.165, 1.54) is 4.90 Å². The second-order valence-corrected chi connectivity index (χ2v) is 6.93. The summed E-state index contributed by atoms with van der Waals surface area (Å²) in [6.45, 7) is 0.163. The third-order valence-corrected chi connectivity index (χ3v) is 5.35. The molecule has 3 rings (SSSR count). The van der Waals surface area contributed by atoms with Crippen molar-refractivity contribution < 1.29 is 9.90 Å². The SMILES string of the molecule is O=C1C=C(Sc2ccccc2)C[C@H]2CCC[C@H](CCO)N12. The van der Waals surface area contributed by atoms with Crippen LogP contribution in [0.5, 0.6) is 0 Å². The van der Waals surface area contributed by atoms with Gasteiger partial charge in [-0.1, -0.05) is 30.0 Å². The van der Waals surface area contributed by atoms with E-state index in [0.29, 0.717) is 12.5 Å². The molecule has 0 aliphatic carbocycles. The van der Waals surface area contributed by atoms with Crippen LogP contribution in [-0.4, -0.2) is 34.6 Å². The highest BCUT2D eigenvalue weighted by Crippen LogP contribution is 2.38. The van der Waals surface area contributed by atoms with Crippen molar-refractivity contribution in [2.45, 2.75) is 49.1 Å². The Balaban J connectivity index is 1.75. The number of hydrogen-bond acceptors (Lipinski definition) is 3. The van der Waals surface area contributed by atoms with E-state index in [1.54, 1.807) is 17.8 Å². The van der Waals surface area contributed by atoms with Crippen molar-refractivity contribution in [3.05, 3.63) is 41.3 Å². The third kappa shape index (κ3) is 3.33. The van der Waals surface area contributed by atoms with Crippen LogP contribution >= 0.6 is 11.8 Å². The van der Waals surface area contributed by atoms with Gasteiger partial charge in [0.25, 0.3) is 0 Å². The summed E-state index contributed by atoms with van der Waals surface area (Å²) in [6.07, 6.45) is 6.72. The van der Waals surface area contributed by atoms with Gasteiger partial charge < -0.3 is 10.0 Å². The quantitative estimate of drug-likeness (QED) is 0.928. The van der Waals surface area contributed by atoms with Crippen LogP contribution in [0.4, 0.5) is 0 Å². The second kappa shape index (κ2) is 6.67. The minimum absolute atomic E-state index is 0.128. The molecule has 21 heavy (non-hydrogen) atoms. The zero-order chi connectivity index (χ0) is 14.7. The van der Waals surface area contributed by atoms with Gasteiger partial charge in [0.05, 0.1) is 0 Å². The van der Waals surface area contributed by atoms with Gasteiger partial charge in [0, 0.05) is 29.7 Å². The Morgan fingerprint density at radius 2 is 2.05 bits per heavy atom. The molecule has 1 fully saturated rings. The van der Waals surface area contributed by atoms with Gasteiger partial charge in [-0.2, -0.15) is 0 Å². The van der Waals surface area contributed by atoms with Crippen LogP contribution in [0.1, 0.15) is 32.1 Å². The maximum absolute atomic E-state index is 12.5. The van der Waals surface area contributed by atoms with Crippen LogP contribution in [0, 0.1) is 0 Å². The molecule has 1 saturated heterocycles. The molecule has 3 nitrogen and oxygen atoms in total. The second-order valence-electron chi connectivity index (χ2n) is 5.73. The predicted octanol–water partition coefficient (Wildman–Crippen LogP) is 3.20. The summed E-state index contributed by atoms with van der Waals surface area (Å²) in [5.41, 5.74) is 0. The fourth-order valence-corrected chi connectivity index (χ4v) is 4.40. The standard InChI is InChI=1S/C17H21NO2S/c19-10-9-13-5-4-6-14-11-16(12-17(20)18(13)14)21-15-7-2-1-3-8-15/h1-3,7-8,12-14,19H,4-6,9-11H2/t13-,14-/m1/s1. The maximum Gasteiger partial charge on any atom is 0.247 e. The molecule has 0 saturated carbocycles. The summed E-state index contributed by atoms with van der Waals surface area (Å²) in [7, 11) is 0. The van der Waals surface area contributed by atoms with Crippen molar-refractivity contribution in [1.82, 2.24) is 4.90 Å². The lowest BCUT2D eigenvalue weighted by Gasteiger charge is -2.44. The van der Waals surface area contributed by atoms with E-state index < -0.39 is 0 Å². The summed E-state index contributed by atoms with van der Waals surface area (Å²) in [5, 5.41) is 9.18. The van der Waals surface area contributed by atoms with E-state index in [4.69, 9.17) is 0 Å². The summed E-state index contributed by atoms with van der Waals surface area (Å²) in [5.74, 6) is 0.128. The molecule has 2 aliphatic rings. The first-order chi connectivity index (χ1) is 10.3. The molecule has 0 bridgehead atoms. The first-order valence-corrected chi connectivity index (χ1v) is 8.46. The first-order valence-electron chi connectivity index (χ1n) is 7.64. The summed E-state index contributed by atoms with van der Waals surface area (Å²) >= 11 is 1.70. The molecule has 4 heteroatoms. The van der Waals surface area contributed by atoms with Crippen LogP contribution in [0.3, 0.4) is 0 Å². The Hall–Kier alpha value is -1.26. The van der Waals surface area contributed by atoms with Crippen LogP contribution in [0.25, 0.3) is 0 Å². The number of piperidine rings is 1. The number of carbonyl (C=O) groups excluding carboxylic acids is 1. The number of hydrogen-bond donors (Lipinski definition) is 1. The Kier molecular flexibility index (Phi) is 4.66. The summed E-state index contributed by atoms with van der Waals surface area (Å²) < 4.78 is 0. The molecular formula is C17H21NO2S. The molecular weight excluding hydrogens is 282 g/mol. The number of aliphatic hydroxyl groups is 1. The van der Waals surface area contributed by atoms with Crippen molar-refractivity contribution in [3.8, 4) is 0 Å². The number of rotatable bonds is 4.